The van der Waals surface area contributed by atoms with Gasteiger partial charge in [0.1, 0.15) is 0 Å². The highest BCUT2D eigenvalue weighted by atomic mass is 35.5. The fraction of sp³-hybridized carbons (Fsp3) is 0.517. The van der Waals surface area contributed by atoms with Gasteiger partial charge in [0.25, 0.3) is 5.91 Å². The third kappa shape index (κ3) is 4.74. The number of allylic oxidation sites excluding steroid dienone is 2. The Morgan fingerprint density at radius 2 is 1.93 bits per heavy atom. The highest BCUT2D eigenvalue weighted by molar-refractivity contribution is 6.34. The fourth-order valence-electron chi connectivity index (χ4n) is 6.19. The largest absolute Gasteiger partial charge is 0.481 e. The van der Waals surface area contributed by atoms with Gasteiger partial charge in [-0.05, 0) is 68.6 Å². The van der Waals surface area contributed by atoms with E-state index in [4.69, 9.17) is 16.3 Å². The summed E-state index contributed by atoms with van der Waals surface area (Å²) >= 11 is 6.39. The number of aliphatic carboxylic acids is 1. The van der Waals surface area contributed by atoms with E-state index in [1.54, 1.807) is 6.92 Å². The molecule has 0 spiro atoms. The van der Waals surface area contributed by atoms with Crippen LogP contribution in [0.2, 0.25) is 5.02 Å². The number of carboxylic acids is 1. The third-order valence-corrected chi connectivity index (χ3v) is 8.88. The number of hydrogen-bond acceptors (Lipinski definition) is 5. The summed E-state index contributed by atoms with van der Waals surface area (Å²) in [5, 5.41) is 14.2. The molecule has 7 nitrogen and oxygen atoms in total. The number of rotatable bonds is 6. The summed E-state index contributed by atoms with van der Waals surface area (Å²) in [5.41, 5.74) is -0.165. The highest BCUT2D eigenvalue weighted by Crippen LogP contribution is 2.60. The molecule has 0 bridgehead atoms. The van der Waals surface area contributed by atoms with Gasteiger partial charge in [0.15, 0.2) is 0 Å². The average molecular weight is 579 g/mol. The van der Waals surface area contributed by atoms with E-state index in [0.717, 1.165) is 10.3 Å². The Labute approximate surface area is 234 Å². The van der Waals surface area contributed by atoms with Gasteiger partial charge in [-0.15, -0.1) is 0 Å². The molecule has 1 aromatic carbocycles. The molecule has 0 radical (unpaired) electrons. The second-order valence-corrected chi connectivity index (χ2v) is 11.4. The van der Waals surface area contributed by atoms with Crippen LogP contribution in [0.5, 0.6) is 0 Å². The number of halogens is 4. The normalized spacial score (nSPS) is 23.6. The lowest BCUT2D eigenvalue weighted by atomic mass is 9.79. The molecule has 3 aliphatic rings. The second-order valence-electron chi connectivity index (χ2n) is 11.0. The Morgan fingerprint density at radius 1 is 1.20 bits per heavy atom. The van der Waals surface area contributed by atoms with Crippen LogP contribution in [0.4, 0.5) is 13.2 Å². The molecule has 1 aromatic heterocycles. The lowest BCUT2D eigenvalue weighted by Crippen LogP contribution is -2.32. The van der Waals surface area contributed by atoms with E-state index in [1.807, 2.05) is 13.0 Å². The first-order valence-electron chi connectivity index (χ1n) is 13.5. The molecule has 1 fully saturated rings. The molecule has 11 heteroatoms. The van der Waals surface area contributed by atoms with Gasteiger partial charge in [0.05, 0.1) is 45.8 Å². The average Bonchev–Trinajstić information content (AvgIpc) is 3.64. The van der Waals surface area contributed by atoms with E-state index in [9.17, 15) is 32.7 Å². The third-order valence-electron chi connectivity index (χ3n) is 8.57. The van der Waals surface area contributed by atoms with E-state index >= 15 is 0 Å². The van der Waals surface area contributed by atoms with Crippen molar-refractivity contribution in [2.45, 2.75) is 70.4 Å². The van der Waals surface area contributed by atoms with Crippen molar-refractivity contribution in [1.29, 1.82) is 0 Å². The molecular weight excluding hydrogens is 549 g/mol. The number of aromatic nitrogens is 2. The van der Waals surface area contributed by atoms with Gasteiger partial charge in [-0.3, -0.25) is 14.4 Å². The van der Waals surface area contributed by atoms with Gasteiger partial charge in [-0.1, -0.05) is 36.7 Å². The van der Waals surface area contributed by atoms with Gasteiger partial charge in [-0.25, -0.2) is 0 Å². The molecule has 40 heavy (non-hydrogen) atoms. The molecule has 1 saturated carbocycles. The Morgan fingerprint density at radius 3 is 2.52 bits per heavy atom. The van der Waals surface area contributed by atoms with Crippen LogP contribution < -0.4 is 0 Å². The summed E-state index contributed by atoms with van der Waals surface area (Å²) in [6.07, 6.45) is -1.21. The van der Waals surface area contributed by atoms with Crippen LogP contribution in [0.1, 0.15) is 78.8 Å². The zero-order chi connectivity index (χ0) is 29.0. The van der Waals surface area contributed by atoms with Crippen molar-refractivity contribution in [1.82, 2.24) is 9.78 Å². The molecule has 3 aliphatic carbocycles. The van der Waals surface area contributed by atoms with Crippen molar-refractivity contribution in [3.63, 3.8) is 0 Å². The minimum absolute atomic E-state index is 0.0158. The number of hydrogen-bond donors (Lipinski definition) is 1. The molecule has 2 aromatic rings. The summed E-state index contributed by atoms with van der Waals surface area (Å²) in [4.78, 5) is 38.3. The van der Waals surface area contributed by atoms with Gasteiger partial charge in [-0.2, -0.15) is 23.0 Å². The van der Waals surface area contributed by atoms with Gasteiger partial charge < -0.3 is 9.84 Å². The SMILES string of the molecule is CCOC(=O)[C@@H]1CCC(c2nn(C(=O)c3c(Cl)cccc3C3(C(F)(F)F)CC3)c3c2CCC(C(=O)O)C3)=C[C@@H]1C. The number of fused-ring (bicyclic) bond motifs is 1. The van der Waals surface area contributed by atoms with Crippen LogP contribution in [-0.2, 0) is 32.6 Å². The van der Waals surface area contributed by atoms with Gasteiger partial charge >= 0.3 is 18.1 Å². The van der Waals surface area contributed by atoms with Crippen LogP contribution in [0.3, 0.4) is 0 Å². The van der Waals surface area contributed by atoms with Crippen LogP contribution >= 0.6 is 11.6 Å². The van der Waals surface area contributed by atoms with Crippen molar-refractivity contribution in [2.75, 3.05) is 6.61 Å². The molecule has 214 valence electrons. The predicted octanol–water partition coefficient (Wildman–Crippen LogP) is 6.00. The maximum absolute atomic E-state index is 14.1. The maximum atomic E-state index is 14.1. The lowest BCUT2D eigenvalue weighted by Gasteiger charge is -2.26. The molecule has 3 atom stereocenters. The number of alkyl halides is 3. The van der Waals surface area contributed by atoms with Crippen LogP contribution in [0.15, 0.2) is 24.3 Å². The lowest BCUT2D eigenvalue weighted by molar-refractivity contribution is -0.160. The van der Waals surface area contributed by atoms with Gasteiger partial charge in [0, 0.05) is 12.0 Å². The Bertz CT molecular complexity index is 1410. The van der Waals surface area contributed by atoms with E-state index in [0.29, 0.717) is 42.6 Å². The maximum Gasteiger partial charge on any atom is 0.398 e. The number of carbonyl (C=O) groups excluding carboxylic acids is 2. The topological polar surface area (TPSA) is 98.5 Å². The van der Waals surface area contributed by atoms with Crippen molar-refractivity contribution in [3.05, 3.63) is 57.4 Å². The zero-order valence-electron chi connectivity index (χ0n) is 22.2. The highest BCUT2D eigenvalue weighted by Gasteiger charge is 2.65. The monoisotopic (exact) mass is 578 g/mol. The molecule has 5 rings (SSSR count). The molecule has 0 saturated heterocycles. The molecule has 0 aliphatic heterocycles. The van der Waals surface area contributed by atoms with Crippen molar-refractivity contribution in [3.8, 4) is 0 Å². The first-order chi connectivity index (χ1) is 18.9. The molecule has 1 unspecified atom stereocenters. The Kier molecular flexibility index (Phi) is 7.35. The van der Waals surface area contributed by atoms with E-state index < -0.39 is 29.4 Å². The Balaban J connectivity index is 1.60. The van der Waals surface area contributed by atoms with E-state index in [1.165, 1.54) is 18.2 Å². The summed E-state index contributed by atoms with van der Waals surface area (Å²) in [7, 11) is 0. The van der Waals surface area contributed by atoms with Gasteiger partial charge in [0.2, 0.25) is 0 Å². The number of nitrogens with zero attached hydrogens (tertiary/aromatic N) is 2. The van der Waals surface area contributed by atoms with Crippen molar-refractivity contribution >= 4 is 35.0 Å². The summed E-state index contributed by atoms with van der Waals surface area (Å²) in [5.74, 6) is -3.33. The molecular formula is C29H30ClF3N2O5. The molecule has 0 amide bonds. The summed E-state index contributed by atoms with van der Waals surface area (Å²) in [6, 6.07) is 4.07. The van der Waals surface area contributed by atoms with Crippen LogP contribution in [0, 0.1) is 17.8 Å². The second kappa shape index (κ2) is 10.4. The quantitative estimate of drug-likeness (QED) is 0.422. The number of benzene rings is 1. The van der Waals surface area contributed by atoms with Crippen molar-refractivity contribution in [2.24, 2.45) is 17.8 Å². The molecule has 1 N–H and O–H groups in total. The summed E-state index contributed by atoms with van der Waals surface area (Å²) < 4.78 is 48.6. The minimum atomic E-state index is -4.56. The number of carbonyl (C=O) groups is 3. The van der Waals surface area contributed by atoms with E-state index in [2.05, 4.69) is 5.10 Å². The smallest absolute Gasteiger partial charge is 0.398 e. The van der Waals surface area contributed by atoms with Crippen LogP contribution in [0.25, 0.3) is 5.57 Å². The number of ether oxygens (including phenoxy) is 1. The predicted molar refractivity (Wildman–Crippen MR) is 140 cm³/mol. The standard InChI is InChI=1S/C29H30ClF3N2O5/c1-3-40-27(39)18-9-7-16(13-15(18)2)24-19-10-8-17(26(37)38)14-22(19)35(34-24)25(36)23-20(5-4-6-21(23)30)28(11-12-28)29(31,32)33/h4-6,13,15,17-18H,3,7-12,14H2,1-2H3,(H,37,38)/t15-,17?,18+/m0/s1. The summed E-state index contributed by atoms with van der Waals surface area (Å²) in [6.45, 7) is 3.93. The number of carboxylic acid groups (broad SMARTS) is 1. The van der Waals surface area contributed by atoms with Crippen LogP contribution in [-0.4, -0.2) is 45.5 Å². The zero-order valence-corrected chi connectivity index (χ0v) is 22.9. The minimum Gasteiger partial charge on any atom is -0.481 e. The van der Waals surface area contributed by atoms with Crippen molar-refractivity contribution < 1.29 is 37.4 Å². The Hall–Kier alpha value is -3.14. The number of esters is 1. The fourth-order valence-corrected chi connectivity index (χ4v) is 6.45. The van der Waals surface area contributed by atoms with E-state index in [-0.39, 0.29) is 59.8 Å². The first kappa shape index (κ1) is 28.4. The first-order valence-corrected chi connectivity index (χ1v) is 13.9. The molecule has 1 heterocycles.